The highest BCUT2D eigenvalue weighted by molar-refractivity contribution is 5.90. The van der Waals surface area contributed by atoms with Crippen LogP contribution in [-0.4, -0.2) is 24.5 Å². The minimum Gasteiger partial charge on any atom is -0.483 e. The van der Waals surface area contributed by atoms with Crippen molar-refractivity contribution in [2.75, 3.05) is 13.7 Å². The molecule has 0 spiro atoms. The lowest BCUT2D eigenvalue weighted by Gasteiger charge is -2.13. The number of H-pyrrole nitrogens is 1. The smallest absolute Gasteiger partial charge is 0.257 e. The van der Waals surface area contributed by atoms with Crippen LogP contribution in [0.1, 0.15) is 38.2 Å². The summed E-state index contributed by atoms with van der Waals surface area (Å²) in [4.78, 5) is 14.6. The number of hydrogen-bond donors (Lipinski definition) is 2. The fraction of sp³-hybridized carbons (Fsp3) is 0.438. The minimum absolute atomic E-state index is 0.0448. The lowest BCUT2D eigenvalue weighted by Crippen LogP contribution is -2.24. The first-order valence-corrected chi connectivity index (χ1v) is 7.14. The van der Waals surface area contributed by atoms with Crippen LogP contribution in [0.25, 0.3) is 10.9 Å². The van der Waals surface area contributed by atoms with Gasteiger partial charge in [0, 0.05) is 24.1 Å². The Labute approximate surface area is 119 Å². The van der Waals surface area contributed by atoms with Gasteiger partial charge in [0.05, 0.1) is 0 Å². The lowest BCUT2D eigenvalue weighted by molar-refractivity contribution is -0.122. The summed E-state index contributed by atoms with van der Waals surface area (Å²) in [6, 6.07) is 5.90. The SMILES string of the molecule is CCC(CC)c1c[nH]c2cccc(OCC(=O)NC)c12. The van der Waals surface area contributed by atoms with E-state index in [2.05, 4.69) is 30.3 Å². The summed E-state index contributed by atoms with van der Waals surface area (Å²) in [5.74, 6) is 1.16. The Hall–Kier alpha value is -1.97. The number of likely N-dealkylation sites (N-methyl/N-ethyl adjacent to an activating group) is 1. The number of hydrogen-bond acceptors (Lipinski definition) is 2. The number of fused-ring (bicyclic) bond motifs is 1. The van der Waals surface area contributed by atoms with E-state index in [9.17, 15) is 4.79 Å². The Balaban J connectivity index is 2.38. The predicted octanol–water partition coefficient (Wildman–Crippen LogP) is 3.20. The van der Waals surface area contributed by atoms with Gasteiger partial charge in [-0.3, -0.25) is 4.79 Å². The van der Waals surface area contributed by atoms with Crippen molar-refractivity contribution >= 4 is 16.8 Å². The normalized spacial score (nSPS) is 11.0. The molecule has 4 heteroatoms. The highest BCUT2D eigenvalue weighted by Crippen LogP contribution is 2.35. The van der Waals surface area contributed by atoms with Crippen molar-refractivity contribution in [2.45, 2.75) is 32.6 Å². The molecule has 108 valence electrons. The standard InChI is InChI=1S/C16H22N2O2/c1-4-11(5-2)12-9-18-13-7-6-8-14(16(12)13)20-10-15(19)17-3/h6-9,11,18H,4-5,10H2,1-3H3,(H,17,19). The third-order valence-corrected chi connectivity index (χ3v) is 3.76. The second-order valence-corrected chi connectivity index (χ2v) is 4.90. The summed E-state index contributed by atoms with van der Waals surface area (Å²) in [7, 11) is 1.61. The number of carbonyl (C=O) groups is 1. The molecule has 0 atom stereocenters. The molecule has 2 N–H and O–H groups in total. The highest BCUT2D eigenvalue weighted by Gasteiger charge is 2.16. The van der Waals surface area contributed by atoms with Gasteiger partial charge in [-0.15, -0.1) is 0 Å². The number of ether oxygens (including phenoxy) is 1. The van der Waals surface area contributed by atoms with Crippen molar-refractivity contribution in [3.05, 3.63) is 30.0 Å². The maximum Gasteiger partial charge on any atom is 0.257 e. The predicted molar refractivity (Wildman–Crippen MR) is 81.2 cm³/mol. The highest BCUT2D eigenvalue weighted by atomic mass is 16.5. The van der Waals surface area contributed by atoms with Gasteiger partial charge < -0.3 is 15.0 Å². The van der Waals surface area contributed by atoms with E-state index < -0.39 is 0 Å². The first-order valence-electron chi connectivity index (χ1n) is 7.14. The van der Waals surface area contributed by atoms with E-state index >= 15 is 0 Å². The van der Waals surface area contributed by atoms with E-state index in [-0.39, 0.29) is 12.5 Å². The van der Waals surface area contributed by atoms with Crippen molar-refractivity contribution < 1.29 is 9.53 Å². The zero-order valence-electron chi connectivity index (χ0n) is 12.3. The number of aromatic amines is 1. The first-order chi connectivity index (χ1) is 9.71. The monoisotopic (exact) mass is 274 g/mol. The molecule has 20 heavy (non-hydrogen) atoms. The molecule has 1 heterocycles. The minimum atomic E-state index is -0.123. The van der Waals surface area contributed by atoms with E-state index in [0.29, 0.717) is 5.92 Å². The van der Waals surface area contributed by atoms with Crippen LogP contribution in [0.5, 0.6) is 5.75 Å². The zero-order valence-corrected chi connectivity index (χ0v) is 12.3. The van der Waals surface area contributed by atoms with Crippen molar-refractivity contribution in [1.82, 2.24) is 10.3 Å². The van der Waals surface area contributed by atoms with Gasteiger partial charge in [-0.25, -0.2) is 0 Å². The molecular weight excluding hydrogens is 252 g/mol. The molecule has 0 saturated heterocycles. The number of aromatic nitrogens is 1. The van der Waals surface area contributed by atoms with Crippen molar-refractivity contribution in [3.63, 3.8) is 0 Å². The summed E-state index contributed by atoms with van der Waals surface area (Å²) in [6.07, 6.45) is 4.25. The van der Waals surface area contributed by atoms with Gasteiger partial charge in [0.2, 0.25) is 0 Å². The molecule has 0 unspecified atom stereocenters. The Morgan fingerprint density at radius 3 is 2.75 bits per heavy atom. The summed E-state index contributed by atoms with van der Waals surface area (Å²) < 4.78 is 5.68. The quantitative estimate of drug-likeness (QED) is 0.850. The third-order valence-electron chi connectivity index (χ3n) is 3.76. The Kier molecular flexibility index (Phi) is 4.66. The van der Waals surface area contributed by atoms with Crippen molar-refractivity contribution in [2.24, 2.45) is 0 Å². The van der Waals surface area contributed by atoms with Crippen LogP contribution in [-0.2, 0) is 4.79 Å². The Bertz CT molecular complexity index is 585. The maximum absolute atomic E-state index is 11.3. The fourth-order valence-electron chi connectivity index (χ4n) is 2.56. The number of carbonyl (C=O) groups excluding carboxylic acids is 1. The molecule has 0 bridgehead atoms. The van der Waals surface area contributed by atoms with E-state index in [1.807, 2.05) is 18.2 Å². The summed E-state index contributed by atoms with van der Waals surface area (Å²) in [5, 5.41) is 3.67. The van der Waals surface area contributed by atoms with Crippen molar-refractivity contribution in [1.29, 1.82) is 0 Å². The Morgan fingerprint density at radius 1 is 1.35 bits per heavy atom. The maximum atomic E-state index is 11.3. The van der Waals surface area contributed by atoms with Crippen LogP contribution in [0.2, 0.25) is 0 Å². The number of benzene rings is 1. The topological polar surface area (TPSA) is 54.1 Å². The average molecular weight is 274 g/mol. The number of amides is 1. The third kappa shape index (κ3) is 2.79. The van der Waals surface area contributed by atoms with E-state index in [4.69, 9.17) is 4.74 Å². The Morgan fingerprint density at radius 2 is 2.10 bits per heavy atom. The summed E-state index contributed by atoms with van der Waals surface area (Å²) >= 11 is 0. The number of nitrogens with one attached hydrogen (secondary N) is 2. The summed E-state index contributed by atoms with van der Waals surface area (Å²) in [5.41, 5.74) is 2.33. The molecule has 0 aliphatic rings. The van der Waals surface area contributed by atoms with Crippen molar-refractivity contribution in [3.8, 4) is 5.75 Å². The van der Waals surface area contributed by atoms with Gasteiger partial charge >= 0.3 is 0 Å². The molecule has 0 aliphatic heterocycles. The molecule has 0 fully saturated rings. The zero-order chi connectivity index (χ0) is 14.5. The molecule has 0 aliphatic carbocycles. The average Bonchev–Trinajstić information content (AvgIpc) is 2.91. The van der Waals surface area contributed by atoms with Gasteiger partial charge in [-0.05, 0) is 36.5 Å². The van der Waals surface area contributed by atoms with Crippen LogP contribution in [0, 0.1) is 0 Å². The second kappa shape index (κ2) is 6.46. The van der Waals surface area contributed by atoms with Gasteiger partial charge in [0.1, 0.15) is 5.75 Å². The van der Waals surface area contributed by atoms with Crippen LogP contribution in [0.15, 0.2) is 24.4 Å². The van der Waals surface area contributed by atoms with Gasteiger partial charge in [0.15, 0.2) is 6.61 Å². The molecular formula is C16H22N2O2. The van der Waals surface area contributed by atoms with Gasteiger partial charge in [-0.1, -0.05) is 19.9 Å². The fourth-order valence-corrected chi connectivity index (χ4v) is 2.56. The largest absolute Gasteiger partial charge is 0.483 e. The molecule has 2 rings (SSSR count). The molecule has 0 saturated carbocycles. The van der Waals surface area contributed by atoms with Crippen LogP contribution in [0.4, 0.5) is 0 Å². The summed E-state index contributed by atoms with van der Waals surface area (Å²) in [6.45, 7) is 4.44. The second-order valence-electron chi connectivity index (χ2n) is 4.90. The molecule has 4 nitrogen and oxygen atoms in total. The number of rotatable bonds is 6. The van der Waals surface area contributed by atoms with E-state index in [0.717, 1.165) is 29.5 Å². The van der Waals surface area contributed by atoms with Gasteiger partial charge in [0.25, 0.3) is 5.91 Å². The molecule has 0 radical (unpaired) electrons. The van der Waals surface area contributed by atoms with Crippen LogP contribution in [0.3, 0.4) is 0 Å². The molecule has 1 aromatic heterocycles. The first kappa shape index (κ1) is 14.4. The molecule has 2 aromatic rings. The molecule has 1 aromatic carbocycles. The van der Waals surface area contributed by atoms with Crippen LogP contribution >= 0.6 is 0 Å². The molecule has 1 amide bonds. The van der Waals surface area contributed by atoms with E-state index in [1.54, 1.807) is 7.05 Å². The lowest BCUT2D eigenvalue weighted by atomic mass is 9.93. The van der Waals surface area contributed by atoms with Gasteiger partial charge in [-0.2, -0.15) is 0 Å². The van der Waals surface area contributed by atoms with Crippen LogP contribution < -0.4 is 10.1 Å². The van der Waals surface area contributed by atoms with E-state index in [1.165, 1.54) is 5.56 Å².